The van der Waals surface area contributed by atoms with Gasteiger partial charge in [0.15, 0.2) is 0 Å². The lowest BCUT2D eigenvalue weighted by molar-refractivity contribution is -0.153. The second-order valence-corrected chi connectivity index (χ2v) is 7.91. The number of fused-ring (bicyclic) bond motifs is 1. The van der Waals surface area contributed by atoms with Crippen molar-refractivity contribution in [3.8, 4) is 0 Å². The van der Waals surface area contributed by atoms with E-state index in [9.17, 15) is 4.79 Å². The van der Waals surface area contributed by atoms with Gasteiger partial charge in [0.05, 0.1) is 29.6 Å². The van der Waals surface area contributed by atoms with Crippen molar-refractivity contribution in [1.29, 1.82) is 0 Å². The molecule has 146 valence electrons. The number of carbonyl (C=O) groups is 1. The van der Waals surface area contributed by atoms with Crippen molar-refractivity contribution in [2.24, 2.45) is 0 Å². The first kappa shape index (κ1) is 18.5. The van der Waals surface area contributed by atoms with Gasteiger partial charge in [0.25, 0.3) is 0 Å². The molecule has 1 N–H and O–H groups in total. The fourth-order valence-corrected chi connectivity index (χ4v) is 4.40. The maximum Gasteiger partial charge on any atom is 0.303 e. The number of halogens is 1. The quantitative estimate of drug-likeness (QED) is 0.786. The summed E-state index contributed by atoms with van der Waals surface area (Å²) in [6.45, 7) is 4.61. The molecule has 27 heavy (non-hydrogen) atoms. The van der Waals surface area contributed by atoms with Crippen molar-refractivity contribution < 1.29 is 14.3 Å². The Bertz CT molecular complexity index is 843. The number of anilines is 1. The van der Waals surface area contributed by atoms with E-state index < -0.39 is 0 Å². The van der Waals surface area contributed by atoms with E-state index in [4.69, 9.17) is 26.2 Å². The molecule has 1 aliphatic carbocycles. The molecule has 0 amide bonds. The molecule has 0 bridgehead atoms. The van der Waals surface area contributed by atoms with Gasteiger partial charge < -0.3 is 14.8 Å². The molecule has 0 aromatic carbocycles. The predicted octanol–water partition coefficient (Wildman–Crippen LogP) is 3.35. The Hall–Kier alpha value is -1.86. The lowest BCUT2D eigenvalue weighted by Crippen LogP contribution is -2.45. The Labute approximate surface area is 163 Å². The molecule has 8 heteroatoms. The molecule has 1 aliphatic heterocycles. The Morgan fingerprint density at radius 2 is 2.33 bits per heavy atom. The Morgan fingerprint density at radius 3 is 3.00 bits per heavy atom. The molecule has 0 radical (unpaired) electrons. The molecule has 2 fully saturated rings. The highest BCUT2D eigenvalue weighted by Crippen LogP contribution is 2.47. The summed E-state index contributed by atoms with van der Waals surface area (Å²) in [5.41, 5.74) is 2.13. The van der Waals surface area contributed by atoms with Crippen LogP contribution in [0.1, 0.15) is 51.6 Å². The van der Waals surface area contributed by atoms with Gasteiger partial charge >= 0.3 is 5.97 Å². The minimum absolute atomic E-state index is 0.0848. The summed E-state index contributed by atoms with van der Waals surface area (Å²) in [6.07, 6.45) is 6.75. The minimum Gasteiger partial charge on any atom is -0.458 e. The zero-order valence-electron chi connectivity index (χ0n) is 15.7. The Balaban J connectivity index is 1.64. The first-order chi connectivity index (χ1) is 13.0. The number of rotatable bonds is 5. The third-order valence-electron chi connectivity index (χ3n) is 5.94. The first-order valence-electron chi connectivity index (χ1n) is 9.59. The lowest BCUT2D eigenvalue weighted by atomic mass is 9.65. The highest BCUT2D eigenvalue weighted by molar-refractivity contribution is 6.34. The van der Waals surface area contributed by atoms with E-state index in [0.717, 1.165) is 36.9 Å². The van der Waals surface area contributed by atoms with E-state index in [1.54, 1.807) is 6.20 Å². The second-order valence-electron chi connectivity index (χ2n) is 7.51. The SMILES string of the molecule is CCC1(c2cc(Cl)c3cnc(N[C@@H]4CCOC[C@H]4OC(C)=O)nn23)CCC1. The number of aromatic nitrogens is 3. The van der Waals surface area contributed by atoms with E-state index >= 15 is 0 Å². The van der Waals surface area contributed by atoms with Gasteiger partial charge in [0.2, 0.25) is 5.95 Å². The smallest absolute Gasteiger partial charge is 0.303 e. The van der Waals surface area contributed by atoms with Crippen molar-refractivity contribution in [1.82, 2.24) is 14.6 Å². The summed E-state index contributed by atoms with van der Waals surface area (Å²) in [5.74, 6) is 0.189. The van der Waals surface area contributed by atoms with Crippen molar-refractivity contribution in [2.45, 2.75) is 63.5 Å². The van der Waals surface area contributed by atoms with Gasteiger partial charge in [0.1, 0.15) is 11.6 Å². The zero-order valence-corrected chi connectivity index (χ0v) is 16.5. The molecular weight excluding hydrogens is 368 g/mol. The molecular formula is C19H25ClN4O3. The van der Waals surface area contributed by atoms with Crippen LogP contribution in [0.5, 0.6) is 0 Å². The van der Waals surface area contributed by atoms with Crippen molar-refractivity contribution in [3.63, 3.8) is 0 Å². The number of hydrogen-bond donors (Lipinski definition) is 1. The monoisotopic (exact) mass is 392 g/mol. The average molecular weight is 393 g/mol. The topological polar surface area (TPSA) is 77.8 Å². The Kier molecular flexibility index (Phi) is 4.99. The van der Waals surface area contributed by atoms with Gasteiger partial charge in [-0.3, -0.25) is 4.79 Å². The summed E-state index contributed by atoms with van der Waals surface area (Å²) >= 11 is 6.45. The van der Waals surface area contributed by atoms with Gasteiger partial charge in [-0.05, 0) is 31.7 Å². The number of carbonyl (C=O) groups excluding carboxylic acids is 1. The summed E-state index contributed by atoms with van der Waals surface area (Å²) < 4.78 is 12.8. The molecule has 2 atom stereocenters. The standard InChI is InChI=1S/C19H25ClN4O3/c1-3-19(6-4-7-19)17-9-13(20)15-10-21-18(23-24(15)17)22-14-5-8-26-11-16(14)27-12(2)25/h9-10,14,16H,3-8,11H2,1-2H3,(H,22,23)/t14-,16-/m1/s1. The van der Waals surface area contributed by atoms with E-state index in [1.807, 2.05) is 10.6 Å². The van der Waals surface area contributed by atoms with Crippen LogP contribution in [-0.2, 0) is 19.7 Å². The van der Waals surface area contributed by atoms with Gasteiger partial charge in [-0.15, -0.1) is 5.10 Å². The molecule has 2 aromatic heterocycles. The molecule has 7 nitrogen and oxygen atoms in total. The second kappa shape index (κ2) is 7.28. The van der Waals surface area contributed by atoms with Crippen molar-refractivity contribution in [3.05, 3.63) is 23.0 Å². The maximum absolute atomic E-state index is 11.4. The van der Waals surface area contributed by atoms with Crippen LogP contribution in [0.15, 0.2) is 12.3 Å². The van der Waals surface area contributed by atoms with E-state index in [-0.39, 0.29) is 23.5 Å². The lowest BCUT2D eigenvalue weighted by Gasteiger charge is -2.40. The normalized spacial score (nSPS) is 24.4. The predicted molar refractivity (Wildman–Crippen MR) is 102 cm³/mol. The largest absolute Gasteiger partial charge is 0.458 e. The van der Waals surface area contributed by atoms with Crippen LogP contribution >= 0.6 is 11.6 Å². The summed E-state index contributed by atoms with van der Waals surface area (Å²) in [6, 6.07) is 1.95. The van der Waals surface area contributed by atoms with Crippen LogP contribution in [0.4, 0.5) is 5.95 Å². The first-order valence-corrected chi connectivity index (χ1v) is 9.96. The molecule has 1 saturated heterocycles. The molecule has 3 heterocycles. The number of ether oxygens (including phenoxy) is 2. The van der Waals surface area contributed by atoms with E-state index in [0.29, 0.717) is 24.2 Å². The van der Waals surface area contributed by atoms with E-state index in [2.05, 4.69) is 17.2 Å². The van der Waals surface area contributed by atoms with Crippen LogP contribution in [0, 0.1) is 0 Å². The maximum atomic E-state index is 11.4. The highest BCUT2D eigenvalue weighted by atomic mass is 35.5. The van der Waals surface area contributed by atoms with Gasteiger partial charge in [-0.25, -0.2) is 9.50 Å². The van der Waals surface area contributed by atoms with Crippen LogP contribution in [0.25, 0.3) is 5.52 Å². The van der Waals surface area contributed by atoms with Crippen molar-refractivity contribution >= 4 is 29.0 Å². The van der Waals surface area contributed by atoms with Gasteiger partial charge in [0, 0.05) is 18.9 Å². The van der Waals surface area contributed by atoms with E-state index in [1.165, 1.54) is 13.3 Å². The van der Waals surface area contributed by atoms with Gasteiger partial charge in [-0.2, -0.15) is 0 Å². The molecule has 0 unspecified atom stereocenters. The highest BCUT2D eigenvalue weighted by Gasteiger charge is 2.40. The number of esters is 1. The summed E-state index contributed by atoms with van der Waals surface area (Å²) in [4.78, 5) is 15.8. The molecule has 0 spiro atoms. The molecule has 2 aliphatic rings. The summed E-state index contributed by atoms with van der Waals surface area (Å²) in [5, 5.41) is 8.74. The van der Waals surface area contributed by atoms with Crippen LogP contribution < -0.4 is 5.32 Å². The third kappa shape index (κ3) is 3.38. The fourth-order valence-electron chi connectivity index (χ4n) is 4.16. The minimum atomic E-state index is -0.350. The Morgan fingerprint density at radius 1 is 1.52 bits per heavy atom. The van der Waals surface area contributed by atoms with Crippen LogP contribution in [0.2, 0.25) is 5.02 Å². The number of hydrogen-bond acceptors (Lipinski definition) is 6. The number of nitrogens with zero attached hydrogens (tertiary/aromatic N) is 3. The van der Waals surface area contributed by atoms with Crippen molar-refractivity contribution in [2.75, 3.05) is 18.5 Å². The number of nitrogens with one attached hydrogen (secondary N) is 1. The third-order valence-corrected chi connectivity index (χ3v) is 6.24. The molecule has 4 rings (SSSR count). The van der Waals surface area contributed by atoms with Gasteiger partial charge in [-0.1, -0.05) is 24.9 Å². The zero-order chi connectivity index (χ0) is 19.0. The molecule has 2 aromatic rings. The average Bonchev–Trinajstić information content (AvgIpc) is 2.93. The molecule has 1 saturated carbocycles. The summed E-state index contributed by atoms with van der Waals surface area (Å²) in [7, 11) is 0. The van der Waals surface area contributed by atoms with Crippen LogP contribution in [0.3, 0.4) is 0 Å². The fraction of sp³-hybridized carbons (Fsp3) is 0.632. The van der Waals surface area contributed by atoms with Crippen LogP contribution in [-0.4, -0.2) is 45.9 Å².